The molecule has 0 aliphatic carbocycles. The Bertz CT molecular complexity index is 604. The molecule has 1 fully saturated rings. The first-order chi connectivity index (χ1) is 10.2. The summed E-state index contributed by atoms with van der Waals surface area (Å²) < 4.78 is 1.92. The minimum Gasteiger partial charge on any atom is -0.388 e. The highest BCUT2D eigenvalue weighted by molar-refractivity contribution is 5.04. The number of aryl methyl sites for hydroxylation is 1. The monoisotopic (exact) mass is 290 g/mol. The largest absolute Gasteiger partial charge is 0.388 e. The van der Waals surface area contributed by atoms with Gasteiger partial charge in [0.1, 0.15) is 18.3 Å². The number of piperidine rings is 1. The van der Waals surface area contributed by atoms with Crippen LogP contribution < -0.4 is 0 Å². The maximum atomic E-state index is 9.23. The Morgan fingerprint density at radius 2 is 2.29 bits per heavy atom. The van der Waals surface area contributed by atoms with Crippen molar-refractivity contribution < 1.29 is 5.11 Å². The zero-order valence-electron chi connectivity index (χ0n) is 12.6. The summed E-state index contributed by atoms with van der Waals surface area (Å²) in [6.45, 7) is 4.84. The van der Waals surface area contributed by atoms with Gasteiger partial charge in [-0.05, 0) is 26.3 Å². The molecule has 0 amide bonds. The third-order valence-electron chi connectivity index (χ3n) is 4.14. The standard InChI is InChI=1S/C14H22N6O/c1-10-6-15-12(16-10)8-20-5-3-4-11(7-20)14-18-17-13(9-21)19(14)2/h6,11,21H,3-5,7-9H2,1-2H3,(H,15,16)/t11-/m1/s1. The fraction of sp³-hybridized carbons (Fsp3) is 0.643. The number of nitrogens with zero attached hydrogens (tertiary/aromatic N) is 5. The van der Waals surface area contributed by atoms with Crippen LogP contribution in [-0.2, 0) is 20.2 Å². The predicted octanol–water partition coefficient (Wildman–Crippen LogP) is 0.719. The molecule has 1 aliphatic heterocycles. The smallest absolute Gasteiger partial charge is 0.158 e. The van der Waals surface area contributed by atoms with Gasteiger partial charge in [0.05, 0.1) is 6.54 Å². The van der Waals surface area contributed by atoms with E-state index >= 15 is 0 Å². The molecular weight excluding hydrogens is 268 g/mol. The van der Waals surface area contributed by atoms with Crippen molar-refractivity contribution in [1.82, 2.24) is 29.6 Å². The lowest BCUT2D eigenvalue weighted by Gasteiger charge is -2.31. The first-order valence-electron chi connectivity index (χ1n) is 7.39. The molecule has 7 nitrogen and oxygen atoms in total. The van der Waals surface area contributed by atoms with Crippen LogP contribution in [0.5, 0.6) is 0 Å². The maximum absolute atomic E-state index is 9.23. The van der Waals surface area contributed by atoms with Gasteiger partial charge in [0.15, 0.2) is 5.82 Å². The number of hydrogen-bond acceptors (Lipinski definition) is 5. The van der Waals surface area contributed by atoms with Crippen molar-refractivity contribution in [2.75, 3.05) is 13.1 Å². The van der Waals surface area contributed by atoms with Gasteiger partial charge in [-0.3, -0.25) is 4.90 Å². The molecule has 7 heteroatoms. The summed E-state index contributed by atoms with van der Waals surface area (Å²) in [5.41, 5.74) is 1.10. The van der Waals surface area contributed by atoms with Crippen molar-refractivity contribution >= 4 is 0 Å². The Balaban J connectivity index is 1.69. The number of hydrogen-bond donors (Lipinski definition) is 2. The summed E-state index contributed by atoms with van der Waals surface area (Å²) in [7, 11) is 1.93. The zero-order chi connectivity index (χ0) is 14.8. The molecule has 2 aromatic rings. The van der Waals surface area contributed by atoms with Gasteiger partial charge in [-0.25, -0.2) is 4.98 Å². The Morgan fingerprint density at radius 1 is 1.43 bits per heavy atom. The molecule has 3 heterocycles. The van der Waals surface area contributed by atoms with Crippen molar-refractivity contribution in [3.8, 4) is 0 Å². The highest BCUT2D eigenvalue weighted by atomic mass is 16.3. The van der Waals surface area contributed by atoms with Crippen LogP contribution in [0, 0.1) is 6.92 Å². The van der Waals surface area contributed by atoms with Crippen LogP contribution in [0.1, 0.15) is 41.9 Å². The number of aliphatic hydroxyl groups excluding tert-OH is 1. The van der Waals surface area contributed by atoms with Crippen LogP contribution in [0.25, 0.3) is 0 Å². The number of aromatic amines is 1. The normalized spacial score (nSPS) is 20.0. The number of nitrogens with one attached hydrogen (secondary N) is 1. The summed E-state index contributed by atoms with van der Waals surface area (Å²) in [5, 5.41) is 17.5. The van der Waals surface area contributed by atoms with Crippen LogP contribution in [0.15, 0.2) is 6.20 Å². The number of aromatic nitrogens is 5. The fourth-order valence-corrected chi connectivity index (χ4v) is 3.04. The number of rotatable bonds is 4. The van der Waals surface area contributed by atoms with Crippen LogP contribution >= 0.6 is 0 Å². The Morgan fingerprint density at radius 3 is 2.95 bits per heavy atom. The van der Waals surface area contributed by atoms with Crippen molar-refractivity contribution in [2.45, 2.75) is 38.8 Å². The minimum absolute atomic E-state index is 0.0639. The lowest BCUT2D eigenvalue weighted by atomic mass is 9.97. The lowest BCUT2D eigenvalue weighted by Crippen LogP contribution is -2.35. The molecule has 1 aliphatic rings. The molecule has 21 heavy (non-hydrogen) atoms. The second-order valence-electron chi connectivity index (χ2n) is 5.78. The van der Waals surface area contributed by atoms with Gasteiger partial charge in [0.25, 0.3) is 0 Å². The van der Waals surface area contributed by atoms with Crippen LogP contribution in [0.2, 0.25) is 0 Å². The van der Waals surface area contributed by atoms with E-state index in [1.807, 2.05) is 24.7 Å². The number of imidazole rings is 1. The van der Waals surface area contributed by atoms with Gasteiger partial charge >= 0.3 is 0 Å². The third-order valence-corrected chi connectivity index (χ3v) is 4.14. The van der Waals surface area contributed by atoms with E-state index in [-0.39, 0.29) is 6.61 Å². The fourth-order valence-electron chi connectivity index (χ4n) is 3.04. The summed E-state index contributed by atoms with van der Waals surface area (Å²) >= 11 is 0. The van der Waals surface area contributed by atoms with E-state index in [9.17, 15) is 5.11 Å². The second-order valence-corrected chi connectivity index (χ2v) is 5.78. The highest BCUT2D eigenvalue weighted by Gasteiger charge is 2.26. The third kappa shape index (κ3) is 2.98. The van der Waals surface area contributed by atoms with E-state index in [1.165, 1.54) is 0 Å². The number of H-pyrrole nitrogens is 1. The van der Waals surface area contributed by atoms with E-state index < -0.39 is 0 Å². The van der Waals surface area contributed by atoms with E-state index in [4.69, 9.17) is 0 Å². The topological polar surface area (TPSA) is 82.9 Å². The van der Waals surface area contributed by atoms with E-state index in [1.54, 1.807) is 0 Å². The maximum Gasteiger partial charge on any atom is 0.158 e. The van der Waals surface area contributed by atoms with Gasteiger partial charge < -0.3 is 14.7 Å². The predicted molar refractivity (Wildman–Crippen MR) is 77.5 cm³/mol. The van der Waals surface area contributed by atoms with Gasteiger partial charge in [0, 0.05) is 31.4 Å². The molecule has 0 saturated carbocycles. The molecule has 0 spiro atoms. The molecule has 114 valence electrons. The first-order valence-corrected chi connectivity index (χ1v) is 7.39. The molecule has 0 radical (unpaired) electrons. The summed E-state index contributed by atoms with van der Waals surface area (Å²) in [4.78, 5) is 10.1. The van der Waals surface area contributed by atoms with E-state index in [2.05, 4.69) is 25.1 Å². The van der Waals surface area contributed by atoms with Gasteiger partial charge in [-0.2, -0.15) is 0 Å². The average molecular weight is 290 g/mol. The molecule has 2 aromatic heterocycles. The van der Waals surface area contributed by atoms with Gasteiger partial charge in [0.2, 0.25) is 0 Å². The molecule has 3 rings (SSSR count). The SMILES string of the molecule is Cc1cnc(CN2CCC[C@@H](c3nnc(CO)n3C)C2)[nH]1. The highest BCUT2D eigenvalue weighted by Crippen LogP contribution is 2.26. The second kappa shape index (κ2) is 5.95. The Hall–Kier alpha value is -1.73. The molecule has 0 unspecified atom stereocenters. The number of aliphatic hydroxyl groups is 1. The minimum atomic E-state index is -0.0639. The quantitative estimate of drug-likeness (QED) is 0.867. The van der Waals surface area contributed by atoms with E-state index in [0.717, 1.165) is 49.8 Å². The zero-order valence-corrected chi connectivity index (χ0v) is 12.6. The van der Waals surface area contributed by atoms with Crippen molar-refractivity contribution in [3.63, 3.8) is 0 Å². The molecule has 0 aromatic carbocycles. The molecule has 1 saturated heterocycles. The molecule has 2 N–H and O–H groups in total. The number of likely N-dealkylation sites (tertiary alicyclic amines) is 1. The molecular formula is C14H22N6O. The Labute approximate surface area is 124 Å². The van der Waals surface area contributed by atoms with Crippen molar-refractivity contribution in [3.05, 3.63) is 29.4 Å². The summed E-state index contributed by atoms with van der Waals surface area (Å²) in [6.07, 6.45) is 4.13. The first kappa shape index (κ1) is 14.2. The van der Waals surface area contributed by atoms with Crippen molar-refractivity contribution in [2.24, 2.45) is 7.05 Å². The molecule has 0 bridgehead atoms. The van der Waals surface area contributed by atoms with Crippen LogP contribution in [-0.4, -0.2) is 47.8 Å². The van der Waals surface area contributed by atoms with Gasteiger partial charge in [-0.1, -0.05) is 0 Å². The van der Waals surface area contributed by atoms with Gasteiger partial charge in [-0.15, -0.1) is 10.2 Å². The summed E-state index contributed by atoms with van der Waals surface area (Å²) in [6, 6.07) is 0. The van der Waals surface area contributed by atoms with Crippen LogP contribution in [0.3, 0.4) is 0 Å². The Kier molecular flexibility index (Phi) is 4.03. The molecule has 1 atom stereocenters. The lowest BCUT2D eigenvalue weighted by molar-refractivity contribution is 0.191. The average Bonchev–Trinajstić information content (AvgIpc) is 3.05. The summed E-state index contributed by atoms with van der Waals surface area (Å²) in [5.74, 6) is 2.98. The van der Waals surface area contributed by atoms with E-state index in [0.29, 0.717) is 11.7 Å². The van der Waals surface area contributed by atoms with Crippen LogP contribution in [0.4, 0.5) is 0 Å². The van der Waals surface area contributed by atoms with Crippen molar-refractivity contribution in [1.29, 1.82) is 0 Å².